The highest BCUT2D eigenvalue weighted by molar-refractivity contribution is 9.10. The third kappa shape index (κ3) is 5.78. The van der Waals surface area contributed by atoms with E-state index in [9.17, 15) is 23.0 Å². The summed E-state index contributed by atoms with van der Waals surface area (Å²) in [6, 6.07) is 7.07. The Morgan fingerprint density at radius 2 is 2.00 bits per heavy atom. The number of alkyl halides is 3. The molecule has 0 aliphatic carbocycles. The lowest BCUT2D eigenvalue weighted by atomic mass is 9.79. The molecule has 0 aromatic heterocycles. The van der Waals surface area contributed by atoms with Crippen LogP contribution in [0.5, 0.6) is 11.5 Å². The van der Waals surface area contributed by atoms with Gasteiger partial charge < -0.3 is 29.9 Å². The van der Waals surface area contributed by atoms with Gasteiger partial charge >= 0.3 is 13.5 Å². The Bertz CT molecular complexity index is 988. The zero-order valence-electron chi connectivity index (χ0n) is 16.1. The molecule has 2 aromatic carbocycles. The molecule has 3 N–H and O–H groups in total. The average molecular weight is 501 g/mol. The maximum atomic E-state index is 12.4. The predicted molar refractivity (Wildman–Crippen MR) is 110 cm³/mol. The van der Waals surface area contributed by atoms with Crippen molar-refractivity contribution in [2.75, 3.05) is 6.61 Å². The lowest BCUT2D eigenvalue weighted by Crippen LogP contribution is -2.43. The number of benzene rings is 2. The summed E-state index contributed by atoms with van der Waals surface area (Å²) >= 11 is 3.38. The number of rotatable bonds is 7. The fraction of sp³-hybridized carbons (Fsp3) is 0.263. The summed E-state index contributed by atoms with van der Waals surface area (Å²) in [6.45, 7) is 1.69. The summed E-state index contributed by atoms with van der Waals surface area (Å²) in [7, 11) is -1.07. The Morgan fingerprint density at radius 3 is 2.61 bits per heavy atom. The molecule has 12 heteroatoms. The van der Waals surface area contributed by atoms with Crippen molar-refractivity contribution in [3.05, 3.63) is 52.0 Å². The van der Waals surface area contributed by atoms with E-state index in [1.54, 1.807) is 12.1 Å². The molecule has 0 saturated carbocycles. The van der Waals surface area contributed by atoms with Gasteiger partial charge in [-0.25, -0.2) is 0 Å². The van der Waals surface area contributed by atoms with Crippen molar-refractivity contribution in [3.63, 3.8) is 0 Å². The Labute approximate surface area is 184 Å². The zero-order chi connectivity index (χ0) is 22.8. The molecule has 1 aliphatic rings. The SMILES string of the molecule is CC(=N)C(COc1ccc2c(c1Br)B(O)OC2)NC(=O)c1ccc(OC(F)(F)F)cc1. The molecule has 0 radical (unpaired) electrons. The van der Waals surface area contributed by atoms with Crippen molar-refractivity contribution in [1.82, 2.24) is 5.32 Å². The van der Waals surface area contributed by atoms with E-state index in [-0.39, 0.29) is 24.5 Å². The largest absolute Gasteiger partial charge is 0.573 e. The van der Waals surface area contributed by atoms with Gasteiger partial charge in [-0.2, -0.15) is 0 Å². The third-order valence-electron chi connectivity index (χ3n) is 4.46. The minimum Gasteiger partial charge on any atom is -0.490 e. The van der Waals surface area contributed by atoms with E-state index in [1.807, 2.05) is 0 Å². The number of ether oxygens (including phenoxy) is 2. The first-order chi connectivity index (χ1) is 14.5. The number of amides is 1. The van der Waals surface area contributed by atoms with Crippen LogP contribution in [-0.2, 0) is 11.3 Å². The fourth-order valence-electron chi connectivity index (χ4n) is 2.87. The van der Waals surface area contributed by atoms with Crippen LogP contribution in [0.25, 0.3) is 0 Å². The van der Waals surface area contributed by atoms with E-state index in [2.05, 4.69) is 26.0 Å². The number of halogens is 4. The lowest BCUT2D eigenvalue weighted by Gasteiger charge is -2.20. The van der Waals surface area contributed by atoms with Crippen LogP contribution < -0.4 is 20.3 Å². The van der Waals surface area contributed by atoms with Crippen LogP contribution in [0.15, 0.2) is 40.9 Å². The second-order valence-electron chi connectivity index (χ2n) is 6.71. The molecule has 0 fully saturated rings. The molecule has 0 bridgehead atoms. The predicted octanol–water partition coefficient (Wildman–Crippen LogP) is 2.78. The van der Waals surface area contributed by atoms with E-state index in [1.165, 1.54) is 19.1 Å². The van der Waals surface area contributed by atoms with Gasteiger partial charge in [-0.05, 0) is 58.7 Å². The Morgan fingerprint density at radius 1 is 1.32 bits per heavy atom. The van der Waals surface area contributed by atoms with Gasteiger partial charge in [-0.15, -0.1) is 13.2 Å². The van der Waals surface area contributed by atoms with Crippen LogP contribution in [0.3, 0.4) is 0 Å². The highest BCUT2D eigenvalue weighted by Gasteiger charge is 2.32. The minimum atomic E-state index is -4.82. The molecule has 31 heavy (non-hydrogen) atoms. The first-order valence-corrected chi connectivity index (χ1v) is 9.80. The molecule has 1 heterocycles. The van der Waals surface area contributed by atoms with Crippen molar-refractivity contribution in [2.45, 2.75) is 25.9 Å². The van der Waals surface area contributed by atoms with Crippen molar-refractivity contribution < 1.29 is 37.1 Å². The quantitative estimate of drug-likeness (QED) is 0.401. The molecule has 2 aromatic rings. The lowest BCUT2D eigenvalue weighted by molar-refractivity contribution is -0.274. The van der Waals surface area contributed by atoms with Gasteiger partial charge in [0.1, 0.15) is 24.1 Å². The molecule has 1 aliphatic heterocycles. The average Bonchev–Trinajstić information content (AvgIpc) is 3.07. The molecular formula is C19H17BBrF3N2O5. The molecule has 0 spiro atoms. The van der Waals surface area contributed by atoms with Crippen LogP contribution in [-0.4, -0.2) is 42.8 Å². The van der Waals surface area contributed by atoms with Crippen LogP contribution in [0, 0.1) is 5.41 Å². The summed E-state index contributed by atoms with van der Waals surface area (Å²) < 4.78 is 51.9. The molecular weight excluding hydrogens is 484 g/mol. The van der Waals surface area contributed by atoms with Gasteiger partial charge in [0.05, 0.1) is 11.1 Å². The monoisotopic (exact) mass is 500 g/mol. The number of nitrogens with one attached hydrogen (secondary N) is 2. The zero-order valence-corrected chi connectivity index (χ0v) is 17.7. The Kier molecular flexibility index (Phi) is 6.92. The summed E-state index contributed by atoms with van der Waals surface area (Å²) in [5.41, 5.74) is 1.59. The first kappa shape index (κ1) is 23.1. The van der Waals surface area contributed by atoms with Crippen molar-refractivity contribution in [2.24, 2.45) is 0 Å². The summed E-state index contributed by atoms with van der Waals surface area (Å²) in [5, 5.41) is 20.4. The van der Waals surface area contributed by atoms with Crippen LogP contribution in [0.1, 0.15) is 22.8 Å². The van der Waals surface area contributed by atoms with E-state index >= 15 is 0 Å². The van der Waals surface area contributed by atoms with Crippen LogP contribution in [0.2, 0.25) is 0 Å². The molecule has 1 atom stereocenters. The van der Waals surface area contributed by atoms with Crippen molar-refractivity contribution in [3.8, 4) is 11.5 Å². The van der Waals surface area contributed by atoms with Gasteiger partial charge in [0, 0.05) is 16.7 Å². The molecule has 1 unspecified atom stereocenters. The number of fused-ring (bicyclic) bond motifs is 1. The van der Waals surface area contributed by atoms with Crippen molar-refractivity contribution >= 4 is 40.1 Å². The van der Waals surface area contributed by atoms with Gasteiger partial charge in [-0.1, -0.05) is 6.07 Å². The highest BCUT2D eigenvalue weighted by Crippen LogP contribution is 2.28. The van der Waals surface area contributed by atoms with E-state index in [4.69, 9.17) is 14.8 Å². The van der Waals surface area contributed by atoms with E-state index in [0.717, 1.165) is 17.7 Å². The second kappa shape index (κ2) is 9.29. The number of hydrogen-bond acceptors (Lipinski definition) is 6. The van der Waals surface area contributed by atoms with Crippen molar-refractivity contribution in [1.29, 1.82) is 5.41 Å². The Balaban J connectivity index is 1.65. The fourth-order valence-corrected chi connectivity index (χ4v) is 3.56. The van der Waals surface area contributed by atoms with Gasteiger partial charge in [0.25, 0.3) is 5.91 Å². The highest BCUT2D eigenvalue weighted by atomic mass is 79.9. The third-order valence-corrected chi connectivity index (χ3v) is 5.28. The number of hydrogen-bond donors (Lipinski definition) is 3. The molecule has 164 valence electrons. The standard InChI is InChI=1S/C19H17BBrF3N2O5/c1-10(25)14(9-29-15-7-4-12-8-30-20(28)16(12)17(15)21)26-18(27)11-2-5-13(6-3-11)31-19(22,23)24/h2-7,14,25,28H,8-9H2,1H3,(H,26,27). The van der Waals surface area contributed by atoms with E-state index < -0.39 is 31.2 Å². The topological polar surface area (TPSA) is 101 Å². The van der Waals surface area contributed by atoms with Gasteiger partial charge in [-0.3, -0.25) is 4.79 Å². The van der Waals surface area contributed by atoms with Crippen LogP contribution in [0.4, 0.5) is 13.2 Å². The molecule has 1 amide bonds. The summed E-state index contributed by atoms with van der Waals surface area (Å²) in [6.07, 6.45) is -4.82. The molecule has 3 rings (SSSR count). The Hall–Kier alpha value is -2.57. The summed E-state index contributed by atoms with van der Waals surface area (Å²) in [5.74, 6) is -0.632. The first-order valence-electron chi connectivity index (χ1n) is 9.00. The molecule has 0 saturated heterocycles. The van der Waals surface area contributed by atoms with Crippen LogP contribution >= 0.6 is 15.9 Å². The second-order valence-corrected chi connectivity index (χ2v) is 7.50. The summed E-state index contributed by atoms with van der Waals surface area (Å²) in [4.78, 5) is 12.4. The smallest absolute Gasteiger partial charge is 0.490 e. The number of carbonyl (C=O) groups is 1. The van der Waals surface area contributed by atoms with Gasteiger partial charge in [0.15, 0.2) is 0 Å². The maximum Gasteiger partial charge on any atom is 0.573 e. The normalized spacial score (nSPS) is 14.1. The van der Waals surface area contributed by atoms with Gasteiger partial charge in [0.2, 0.25) is 0 Å². The minimum absolute atomic E-state index is 0.0787. The number of carbonyl (C=O) groups excluding carboxylic acids is 1. The maximum absolute atomic E-state index is 12.4. The molecule has 7 nitrogen and oxygen atoms in total. The van der Waals surface area contributed by atoms with E-state index in [0.29, 0.717) is 15.7 Å².